The molecular weight excluding hydrogens is 438 g/mol. The quantitative estimate of drug-likeness (QED) is 0.351. The molecule has 1 atom stereocenters. The molecule has 0 fully saturated rings. The lowest BCUT2D eigenvalue weighted by atomic mass is 10.3. The van der Waals surface area contributed by atoms with Crippen molar-refractivity contribution in [2.75, 3.05) is 18.2 Å². The molecule has 32 heavy (non-hydrogen) atoms. The first-order valence-corrected chi connectivity index (χ1v) is 10.6. The SMILES string of the molecule is C=CCn1c(SCC(=O)Nc2ccccc2OC)nnc1C(C)Oc1ccc(F)cc1F. The van der Waals surface area contributed by atoms with Crippen LogP contribution in [0.4, 0.5) is 14.5 Å². The van der Waals surface area contributed by atoms with Crippen LogP contribution < -0.4 is 14.8 Å². The van der Waals surface area contributed by atoms with Crippen molar-refractivity contribution in [1.29, 1.82) is 0 Å². The summed E-state index contributed by atoms with van der Waals surface area (Å²) < 4.78 is 39.6. The first kappa shape index (κ1) is 23.3. The van der Waals surface area contributed by atoms with E-state index >= 15 is 0 Å². The van der Waals surface area contributed by atoms with Gasteiger partial charge < -0.3 is 14.8 Å². The molecule has 0 saturated heterocycles. The lowest BCUT2D eigenvalue weighted by molar-refractivity contribution is -0.113. The zero-order chi connectivity index (χ0) is 23.1. The van der Waals surface area contributed by atoms with Gasteiger partial charge in [0.05, 0.1) is 18.6 Å². The van der Waals surface area contributed by atoms with E-state index in [1.165, 1.54) is 24.9 Å². The van der Waals surface area contributed by atoms with Crippen LogP contribution in [0.3, 0.4) is 0 Å². The molecule has 1 amide bonds. The standard InChI is InChI=1S/C22H22F2N4O3S/c1-4-11-28-21(14(2)31-18-10-9-15(23)12-16(18)24)26-27-22(28)32-13-20(29)25-17-7-5-6-8-19(17)30-3/h4-10,12,14H,1,11,13H2,2-3H3,(H,25,29). The molecule has 0 saturated carbocycles. The van der Waals surface area contributed by atoms with Gasteiger partial charge in [-0.15, -0.1) is 16.8 Å². The maximum atomic E-state index is 13.9. The molecule has 1 unspecified atom stereocenters. The van der Waals surface area contributed by atoms with Gasteiger partial charge in [-0.25, -0.2) is 8.78 Å². The summed E-state index contributed by atoms with van der Waals surface area (Å²) in [5, 5.41) is 11.5. The molecule has 168 valence electrons. The summed E-state index contributed by atoms with van der Waals surface area (Å²) >= 11 is 1.19. The van der Waals surface area contributed by atoms with Crippen molar-refractivity contribution in [1.82, 2.24) is 14.8 Å². The normalized spacial score (nSPS) is 11.6. The highest BCUT2D eigenvalue weighted by Gasteiger charge is 2.21. The van der Waals surface area contributed by atoms with Crippen LogP contribution in [0, 0.1) is 11.6 Å². The summed E-state index contributed by atoms with van der Waals surface area (Å²) in [6.07, 6.45) is 0.968. The first-order valence-electron chi connectivity index (χ1n) is 9.64. The number of carbonyl (C=O) groups excluding carboxylic acids is 1. The van der Waals surface area contributed by atoms with Crippen LogP contribution >= 0.6 is 11.8 Å². The molecule has 0 radical (unpaired) electrons. The Kier molecular flexibility index (Phi) is 7.82. The third kappa shape index (κ3) is 5.64. The molecule has 3 rings (SSSR count). The van der Waals surface area contributed by atoms with Gasteiger partial charge in [-0.1, -0.05) is 30.0 Å². The number of para-hydroxylation sites is 2. The summed E-state index contributed by atoms with van der Waals surface area (Å²) in [6, 6.07) is 10.2. The van der Waals surface area contributed by atoms with Crippen molar-refractivity contribution in [3.63, 3.8) is 0 Å². The number of carbonyl (C=O) groups is 1. The highest BCUT2D eigenvalue weighted by Crippen LogP contribution is 2.27. The van der Waals surface area contributed by atoms with E-state index in [1.54, 1.807) is 35.8 Å². The van der Waals surface area contributed by atoms with Crippen LogP contribution in [-0.4, -0.2) is 33.5 Å². The lowest BCUT2D eigenvalue weighted by Crippen LogP contribution is -2.16. The summed E-state index contributed by atoms with van der Waals surface area (Å²) in [6.45, 7) is 5.77. The van der Waals surface area contributed by atoms with E-state index in [0.29, 0.717) is 29.0 Å². The number of amides is 1. The van der Waals surface area contributed by atoms with Crippen molar-refractivity contribution in [2.24, 2.45) is 0 Å². The molecule has 0 aliphatic rings. The second kappa shape index (κ2) is 10.8. The molecule has 0 bridgehead atoms. The number of thioether (sulfide) groups is 1. The van der Waals surface area contributed by atoms with E-state index in [-0.39, 0.29) is 17.4 Å². The third-order valence-corrected chi connectivity index (χ3v) is 5.30. The largest absolute Gasteiger partial charge is 0.495 e. The van der Waals surface area contributed by atoms with Gasteiger partial charge in [-0.2, -0.15) is 0 Å². The van der Waals surface area contributed by atoms with E-state index in [4.69, 9.17) is 9.47 Å². The zero-order valence-corrected chi connectivity index (χ0v) is 18.4. The molecule has 2 aromatic carbocycles. The molecule has 0 aliphatic carbocycles. The predicted octanol–water partition coefficient (Wildman–Crippen LogP) is 4.62. The topological polar surface area (TPSA) is 78.3 Å². The summed E-state index contributed by atoms with van der Waals surface area (Å²) in [7, 11) is 1.53. The number of hydrogen-bond donors (Lipinski definition) is 1. The molecule has 0 spiro atoms. The minimum atomic E-state index is -0.811. The number of benzene rings is 2. The monoisotopic (exact) mass is 460 g/mol. The Morgan fingerprint density at radius 1 is 1.25 bits per heavy atom. The van der Waals surface area contributed by atoms with Crippen molar-refractivity contribution in [2.45, 2.75) is 24.7 Å². The van der Waals surface area contributed by atoms with Gasteiger partial charge in [-0.3, -0.25) is 9.36 Å². The van der Waals surface area contributed by atoms with Gasteiger partial charge in [0.2, 0.25) is 5.91 Å². The third-order valence-electron chi connectivity index (χ3n) is 4.33. The number of allylic oxidation sites excluding steroid dienone is 1. The average molecular weight is 461 g/mol. The number of ether oxygens (including phenoxy) is 2. The Bertz CT molecular complexity index is 1110. The van der Waals surface area contributed by atoms with Crippen LogP contribution in [0.5, 0.6) is 11.5 Å². The van der Waals surface area contributed by atoms with Crippen LogP contribution in [0.25, 0.3) is 0 Å². The van der Waals surface area contributed by atoms with Gasteiger partial charge in [0, 0.05) is 12.6 Å². The number of nitrogens with zero attached hydrogens (tertiary/aromatic N) is 3. The van der Waals surface area contributed by atoms with Gasteiger partial charge in [0.25, 0.3) is 0 Å². The molecule has 1 heterocycles. The Morgan fingerprint density at radius 2 is 2.03 bits per heavy atom. The smallest absolute Gasteiger partial charge is 0.234 e. The fourth-order valence-corrected chi connectivity index (χ4v) is 3.64. The van der Waals surface area contributed by atoms with E-state index in [0.717, 1.165) is 12.1 Å². The fourth-order valence-electron chi connectivity index (χ4n) is 2.89. The Balaban J connectivity index is 1.69. The fraction of sp³-hybridized carbons (Fsp3) is 0.227. The Labute approximate surface area is 188 Å². The Morgan fingerprint density at radius 3 is 2.75 bits per heavy atom. The predicted molar refractivity (Wildman–Crippen MR) is 118 cm³/mol. The van der Waals surface area contributed by atoms with Crippen molar-refractivity contribution < 1.29 is 23.0 Å². The van der Waals surface area contributed by atoms with E-state index in [1.807, 2.05) is 6.07 Å². The second-order valence-corrected chi connectivity index (χ2v) is 7.55. The molecule has 3 aromatic rings. The van der Waals surface area contributed by atoms with Gasteiger partial charge in [0.1, 0.15) is 11.6 Å². The van der Waals surface area contributed by atoms with Crippen LogP contribution in [0.15, 0.2) is 60.3 Å². The number of aromatic nitrogens is 3. The number of rotatable bonds is 10. The molecule has 0 aliphatic heterocycles. The molecule has 7 nitrogen and oxygen atoms in total. The van der Waals surface area contributed by atoms with Crippen LogP contribution in [0.2, 0.25) is 0 Å². The second-order valence-electron chi connectivity index (χ2n) is 6.61. The van der Waals surface area contributed by atoms with E-state index < -0.39 is 17.7 Å². The minimum Gasteiger partial charge on any atom is -0.495 e. The summed E-state index contributed by atoms with van der Waals surface area (Å²) in [4.78, 5) is 12.4. The Hall–Kier alpha value is -3.40. The molecule has 1 N–H and O–H groups in total. The van der Waals surface area contributed by atoms with E-state index in [2.05, 4.69) is 22.1 Å². The van der Waals surface area contributed by atoms with Crippen molar-refractivity contribution >= 4 is 23.4 Å². The highest BCUT2D eigenvalue weighted by molar-refractivity contribution is 7.99. The van der Waals surface area contributed by atoms with Gasteiger partial charge in [-0.05, 0) is 31.2 Å². The maximum absolute atomic E-state index is 13.9. The van der Waals surface area contributed by atoms with Crippen LogP contribution in [-0.2, 0) is 11.3 Å². The number of methoxy groups -OCH3 is 1. The average Bonchev–Trinajstić information content (AvgIpc) is 3.17. The molecule has 1 aromatic heterocycles. The molecular formula is C22H22F2N4O3S. The van der Waals surface area contributed by atoms with Gasteiger partial charge in [0.15, 0.2) is 28.7 Å². The number of halogens is 2. The summed E-state index contributed by atoms with van der Waals surface area (Å²) in [5.41, 5.74) is 0.567. The number of anilines is 1. The first-order chi connectivity index (χ1) is 15.4. The molecule has 10 heteroatoms. The number of hydrogen-bond acceptors (Lipinski definition) is 6. The van der Waals surface area contributed by atoms with E-state index in [9.17, 15) is 13.6 Å². The maximum Gasteiger partial charge on any atom is 0.234 e. The minimum absolute atomic E-state index is 0.0785. The van der Waals surface area contributed by atoms with Crippen molar-refractivity contribution in [3.8, 4) is 11.5 Å². The summed E-state index contributed by atoms with van der Waals surface area (Å²) in [5.74, 6) is -0.793. The van der Waals surface area contributed by atoms with Crippen LogP contribution in [0.1, 0.15) is 18.9 Å². The lowest BCUT2D eigenvalue weighted by Gasteiger charge is -2.16. The zero-order valence-electron chi connectivity index (χ0n) is 17.5. The highest BCUT2D eigenvalue weighted by atomic mass is 32.2. The van der Waals surface area contributed by atoms with Gasteiger partial charge >= 0.3 is 0 Å². The number of nitrogens with one attached hydrogen (secondary N) is 1. The van der Waals surface area contributed by atoms with Crippen molar-refractivity contribution in [3.05, 3.63) is 72.6 Å².